The van der Waals surface area contributed by atoms with Crippen LogP contribution >= 0.6 is 34.4 Å². The zero-order chi connectivity index (χ0) is 84.7. The van der Waals surface area contributed by atoms with Crippen molar-refractivity contribution in [3.63, 3.8) is 0 Å². The Balaban J connectivity index is 0.669. The third-order valence-electron chi connectivity index (χ3n) is 22.2. The van der Waals surface area contributed by atoms with Gasteiger partial charge in [0.25, 0.3) is 12.4 Å². The fourth-order valence-electron chi connectivity index (χ4n) is 15.9. The van der Waals surface area contributed by atoms with E-state index in [1.807, 2.05) is 121 Å². The summed E-state index contributed by atoms with van der Waals surface area (Å²) in [7, 11) is 2.13. The number of nitrogens with one attached hydrogen (secondary N) is 3. The van der Waals surface area contributed by atoms with Crippen LogP contribution in [0.2, 0.25) is 0 Å². The van der Waals surface area contributed by atoms with Gasteiger partial charge in [-0.15, -0.1) is 11.8 Å². The number of nitrogens with zero attached hydrogens (tertiary/aromatic N) is 6. The second kappa shape index (κ2) is 39.3. The van der Waals surface area contributed by atoms with E-state index in [9.17, 15) is 39.0 Å². The van der Waals surface area contributed by atoms with Gasteiger partial charge in [-0.05, 0) is 128 Å². The highest BCUT2D eigenvalue weighted by molar-refractivity contribution is 14.1. The average Bonchev–Trinajstić information content (AvgIpc) is 1.60. The van der Waals surface area contributed by atoms with Crippen molar-refractivity contribution in [2.75, 3.05) is 77.0 Å². The van der Waals surface area contributed by atoms with Crippen LogP contribution in [0.1, 0.15) is 165 Å². The molecule has 0 spiro atoms. The van der Waals surface area contributed by atoms with Crippen LogP contribution < -0.4 is 20.9 Å². The van der Waals surface area contributed by atoms with Gasteiger partial charge in [-0.1, -0.05) is 167 Å². The van der Waals surface area contributed by atoms with Gasteiger partial charge in [0, 0.05) is 116 Å². The minimum Gasteiger partial charge on any atom is -0.775 e. The molecule has 618 valence electrons. The Labute approximate surface area is 707 Å². The lowest BCUT2D eigenvalue weighted by molar-refractivity contribution is -0.468. The van der Waals surface area contributed by atoms with Crippen molar-refractivity contribution in [3.8, 4) is 0 Å². The molecular weight excluding hydrogens is 1610 g/mol. The number of carbonyl (C=O) groups excluding carboxylic acids is 7. The van der Waals surface area contributed by atoms with Crippen molar-refractivity contribution in [1.82, 2.24) is 20.9 Å². The molecule has 0 aromatic heterocycles. The first-order valence-electron chi connectivity index (χ1n) is 40.6. The van der Waals surface area contributed by atoms with Gasteiger partial charge in [0.2, 0.25) is 46.7 Å². The standard InChI is InChI=1S/C94H112IN9O12S/c1-17-19-33-73(103-71-35-29-28-32-67(71)92(9,10)78(103)56-66-84(69(58-96)97-15)65(86(66)108)52-61-53-79(90(3,4)5)116-80(54-61)91(6,7)8)87(109)98-43-45-102-83(107)57-75(89(102)111)117-59-82(115-60-105)100-81(106)42-46-112-48-50-114-51-49-113-47-44-99-88(110)74(34-20-18-2)104-72-40-38-62-30-26-27-31-64(62)85(72)94(13,14)77(104)37-25-23-21-22-24-36-76-93(11,12)68-55-63(95)39-41-70(68)101(76)16/h21-32,35-41,52-56,60,73-75,82H,17-20,33-34,42-51,57,59H2,1-14,16H3,(H2-,98,99,100,106,109,110)/p+1. The summed E-state index contributed by atoms with van der Waals surface area (Å²) in [6.07, 6.45) is 24.8. The number of thioether (sulfide) groups is 1. The second-order valence-electron chi connectivity index (χ2n) is 33.7. The van der Waals surface area contributed by atoms with Gasteiger partial charge >= 0.3 is 0 Å². The average molecular weight is 1720 g/mol. The Morgan fingerprint density at radius 1 is 0.761 bits per heavy atom. The molecule has 0 radical (unpaired) electrons. The number of ketones is 1. The van der Waals surface area contributed by atoms with Crippen LogP contribution in [-0.4, -0.2) is 169 Å². The summed E-state index contributed by atoms with van der Waals surface area (Å²) < 4.78 is 34.3. The molecule has 1 fully saturated rings. The molecule has 4 aromatic rings. The summed E-state index contributed by atoms with van der Waals surface area (Å²) in [6.45, 7) is 39.1. The monoisotopic (exact) mass is 1720 g/mol. The molecule has 117 heavy (non-hydrogen) atoms. The molecule has 4 unspecified atom stereocenters. The van der Waals surface area contributed by atoms with E-state index in [0.29, 0.717) is 48.6 Å². The third-order valence-corrected chi connectivity index (χ3v) is 24.2. The number of benzene rings is 4. The first-order chi connectivity index (χ1) is 55.7. The lowest BCUT2D eigenvalue weighted by Crippen LogP contribution is -2.47. The van der Waals surface area contributed by atoms with Gasteiger partial charge in [-0.2, -0.15) is 9.15 Å². The summed E-state index contributed by atoms with van der Waals surface area (Å²) in [4.78, 5) is 103. The Bertz CT molecular complexity index is 4950. The largest absolute Gasteiger partial charge is 0.775 e. The molecular formula is C94H113IN9O12S+. The summed E-state index contributed by atoms with van der Waals surface area (Å²) in [6, 6.07) is 25.8. The molecule has 10 rings (SSSR count). The highest BCUT2D eigenvalue weighted by Gasteiger charge is 2.52. The van der Waals surface area contributed by atoms with Gasteiger partial charge in [-0.25, -0.2) is 4.85 Å². The summed E-state index contributed by atoms with van der Waals surface area (Å²) >= 11 is 3.44. The van der Waals surface area contributed by atoms with E-state index in [1.54, 1.807) is 12.2 Å². The highest BCUT2D eigenvalue weighted by atomic mass is 127. The van der Waals surface area contributed by atoms with Crippen molar-refractivity contribution in [2.45, 2.75) is 188 Å². The molecule has 5 aliphatic heterocycles. The van der Waals surface area contributed by atoms with Gasteiger partial charge < -0.3 is 49.9 Å². The Hall–Kier alpha value is -9.67. The van der Waals surface area contributed by atoms with E-state index in [4.69, 9.17) is 30.3 Å². The summed E-state index contributed by atoms with van der Waals surface area (Å²) in [5.74, 6) is 1.20. The molecule has 23 heteroatoms. The van der Waals surface area contributed by atoms with Crippen LogP contribution in [0.3, 0.4) is 0 Å². The minimum absolute atomic E-state index is 0.0358. The topological polar surface area (TPSA) is 241 Å². The van der Waals surface area contributed by atoms with Crippen molar-refractivity contribution < 1.29 is 66.4 Å². The van der Waals surface area contributed by atoms with Crippen LogP contribution in [0.5, 0.6) is 0 Å². The van der Waals surface area contributed by atoms with E-state index in [0.717, 1.165) is 69.3 Å². The van der Waals surface area contributed by atoms with E-state index in [2.05, 4.69) is 180 Å². The van der Waals surface area contributed by atoms with Crippen molar-refractivity contribution >= 4 is 121 Å². The lowest BCUT2D eigenvalue weighted by Gasteiger charge is -2.33. The number of hydrogen-bond acceptors (Lipinski definition) is 14. The maximum atomic E-state index is 14.8. The number of rotatable bonds is 38. The molecule has 4 aromatic carbocycles. The number of ether oxygens (including phenoxy) is 5. The number of amides is 5. The molecule has 6 aliphatic rings. The van der Waals surface area contributed by atoms with Crippen molar-refractivity contribution in [2.24, 2.45) is 10.8 Å². The minimum atomic E-state index is -1.12. The van der Waals surface area contributed by atoms with Gasteiger partial charge in [0.15, 0.2) is 23.4 Å². The van der Waals surface area contributed by atoms with E-state index in [1.165, 1.54) is 26.1 Å². The highest BCUT2D eigenvalue weighted by Crippen LogP contribution is 2.53. The first-order valence-corrected chi connectivity index (χ1v) is 42.7. The van der Waals surface area contributed by atoms with Gasteiger partial charge in [-0.3, -0.25) is 44.3 Å². The molecule has 5 amide bonds. The molecule has 0 bridgehead atoms. The SMILES string of the molecule is [C-]#[N+]C(=C=[N-])C1=C(C=C2C=C(C(C)(C)C)OC(C(C)(C)C)=C2)C(=O)C1=CC1=[N+](C(CCCC)C(=O)NCCN2C(=O)CC(SCC(NC(=O)CCOCCOCCOCCNC(=O)C(CCCC)N3\C(=C/C=C/C=C/C=C/C4=[N+](C)c5ccc(I)cc5C4(C)C)C(C)(C)c4c3ccc3ccccc43)OC=O)C2=O)c2ccccc2C1(C)C. The summed E-state index contributed by atoms with van der Waals surface area (Å²) in [5, 5.41) is 20.7. The number of unbranched alkanes of at least 4 members (excludes halogenated alkanes) is 2. The predicted octanol–water partition coefficient (Wildman–Crippen LogP) is 15.8. The zero-order valence-corrected chi connectivity index (χ0v) is 73.3. The fourth-order valence-corrected chi connectivity index (χ4v) is 17.5. The number of hydrogen-bond donors (Lipinski definition) is 3. The number of allylic oxidation sites excluding steroid dienone is 17. The second-order valence-corrected chi connectivity index (χ2v) is 36.2. The Morgan fingerprint density at radius 3 is 2.09 bits per heavy atom. The molecule has 4 atom stereocenters. The van der Waals surface area contributed by atoms with Crippen molar-refractivity contribution in [3.05, 3.63) is 228 Å². The molecule has 3 N–H and O–H groups in total. The molecule has 21 nitrogen and oxygen atoms in total. The number of likely N-dealkylation sites (tertiary alicyclic amines) is 1. The Morgan fingerprint density at radius 2 is 1.40 bits per heavy atom. The van der Waals surface area contributed by atoms with Crippen molar-refractivity contribution in [1.29, 1.82) is 0 Å². The number of Topliss-reactive ketones (excluding diaryl/α,β-unsaturated/α-hetero) is 1. The maximum Gasteiger partial charge on any atom is 0.295 e. The number of imide groups is 1. The number of para-hydroxylation sites is 1. The maximum absolute atomic E-state index is 14.8. The number of halogens is 1. The van der Waals surface area contributed by atoms with E-state index >= 15 is 0 Å². The van der Waals surface area contributed by atoms with Crippen LogP contribution in [0.15, 0.2) is 191 Å². The Kier molecular flexibility index (Phi) is 30.1. The third kappa shape index (κ3) is 20.5. The number of fused-ring (bicyclic) bond motifs is 5. The van der Waals surface area contributed by atoms with Crippen LogP contribution in [0.25, 0.3) is 21.0 Å². The van der Waals surface area contributed by atoms with Crippen LogP contribution in [-0.2, 0) is 73.5 Å². The number of carbonyl (C=O) groups is 7. The van der Waals surface area contributed by atoms with E-state index in [-0.39, 0.29) is 134 Å². The molecule has 0 saturated carbocycles. The van der Waals surface area contributed by atoms with Crippen LogP contribution in [0.4, 0.5) is 17.1 Å². The van der Waals surface area contributed by atoms with Gasteiger partial charge in [0.1, 0.15) is 24.6 Å². The van der Waals surface area contributed by atoms with Crippen LogP contribution in [0, 0.1) is 21.0 Å². The quantitative estimate of drug-likeness (QED) is 0.00361. The molecule has 5 heterocycles. The predicted molar refractivity (Wildman–Crippen MR) is 472 cm³/mol. The fraction of sp³-hybridized carbons (Fsp3) is 0.447. The normalized spacial score (nSPS) is 18.9. The molecule has 1 aliphatic carbocycles. The smallest absolute Gasteiger partial charge is 0.295 e. The zero-order valence-electron chi connectivity index (χ0n) is 70.3. The van der Waals surface area contributed by atoms with E-state index < -0.39 is 52.1 Å². The lowest BCUT2D eigenvalue weighted by atomic mass is 9.74. The first kappa shape index (κ1) is 89.7. The van der Waals surface area contributed by atoms with Gasteiger partial charge in [0.05, 0.1) is 74.5 Å². The molecule has 1 saturated heterocycles. The summed E-state index contributed by atoms with van der Waals surface area (Å²) in [5.41, 5.74) is 8.31. The number of anilines is 1.